The van der Waals surface area contributed by atoms with Crippen molar-refractivity contribution in [2.24, 2.45) is 7.05 Å². The van der Waals surface area contributed by atoms with Crippen LogP contribution in [-0.2, 0) is 28.5 Å². The second-order valence-corrected chi connectivity index (χ2v) is 8.92. The first-order chi connectivity index (χ1) is 14.5. The fourth-order valence-electron chi connectivity index (χ4n) is 4.85. The molecule has 0 saturated carbocycles. The normalized spacial score (nSPS) is 20.7. The van der Waals surface area contributed by atoms with Crippen molar-refractivity contribution in [3.05, 3.63) is 28.7 Å². The van der Waals surface area contributed by atoms with E-state index < -0.39 is 0 Å². The van der Waals surface area contributed by atoms with Crippen LogP contribution in [0.1, 0.15) is 66.7 Å². The Kier molecular flexibility index (Phi) is 6.55. The molecule has 2 saturated heterocycles. The minimum Gasteiger partial charge on any atom is -0.385 e. The zero-order valence-electron chi connectivity index (χ0n) is 18.8. The molecule has 8 nitrogen and oxygen atoms in total. The van der Waals surface area contributed by atoms with Gasteiger partial charge in [-0.2, -0.15) is 10.1 Å². The Morgan fingerprint density at radius 2 is 1.90 bits per heavy atom. The van der Waals surface area contributed by atoms with Crippen LogP contribution in [-0.4, -0.2) is 64.8 Å². The van der Waals surface area contributed by atoms with Gasteiger partial charge in [0.25, 0.3) is 0 Å². The molecule has 0 radical (unpaired) electrons. The van der Waals surface area contributed by atoms with Crippen LogP contribution in [0.3, 0.4) is 0 Å². The molecule has 0 spiro atoms. The summed E-state index contributed by atoms with van der Waals surface area (Å²) in [7, 11) is 3.78. The van der Waals surface area contributed by atoms with Crippen LogP contribution in [0.25, 0.3) is 0 Å². The molecule has 166 valence electrons. The summed E-state index contributed by atoms with van der Waals surface area (Å²) in [5.74, 6) is 1.99. The summed E-state index contributed by atoms with van der Waals surface area (Å²) in [6.45, 7) is 9.49. The summed E-state index contributed by atoms with van der Waals surface area (Å²) in [6.07, 6.45) is 4.88. The molecule has 0 unspecified atom stereocenters. The highest BCUT2D eigenvalue weighted by atomic mass is 16.5. The summed E-state index contributed by atoms with van der Waals surface area (Å²) >= 11 is 0. The number of methoxy groups -OCH3 is 1. The molecule has 0 N–H and O–H groups in total. The van der Waals surface area contributed by atoms with Crippen LogP contribution in [0, 0.1) is 13.8 Å². The van der Waals surface area contributed by atoms with E-state index in [1.54, 1.807) is 7.11 Å². The van der Waals surface area contributed by atoms with E-state index in [1.165, 1.54) is 11.3 Å². The van der Waals surface area contributed by atoms with Crippen molar-refractivity contribution in [2.75, 3.05) is 40.0 Å². The van der Waals surface area contributed by atoms with Gasteiger partial charge in [-0.15, -0.1) is 0 Å². The Balaban J connectivity index is 1.46. The van der Waals surface area contributed by atoms with Gasteiger partial charge in [0.1, 0.15) is 0 Å². The molecule has 0 bridgehead atoms. The summed E-state index contributed by atoms with van der Waals surface area (Å²) in [6, 6.07) is 0. The average molecular weight is 418 g/mol. The average Bonchev–Trinajstić information content (AvgIpc) is 3.36. The van der Waals surface area contributed by atoms with E-state index in [2.05, 4.69) is 29.0 Å². The number of piperidine rings is 1. The van der Waals surface area contributed by atoms with Crippen LogP contribution in [0.15, 0.2) is 4.52 Å². The first-order valence-electron chi connectivity index (χ1n) is 11.1. The summed E-state index contributed by atoms with van der Waals surface area (Å²) in [5, 5.41) is 9.04. The maximum atomic E-state index is 5.74. The van der Waals surface area contributed by atoms with E-state index in [1.807, 2.05) is 11.7 Å². The van der Waals surface area contributed by atoms with Crippen LogP contribution in [0.4, 0.5) is 0 Å². The Bertz CT molecular complexity index is 832. The predicted octanol–water partition coefficient (Wildman–Crippen LogP) is 2.88. The fourth-order valence-corrected chi connectivity index (χ4v) is 4.85. The summed E-state index contributed by atoms with van der Waals surface area (Å²) in [4.78, 5) is 7.43. The molecule has 0 aromatic carbocycles. The number of aromatic nitrogens is 4. The van der Waals surface area contributed by atoms with Crippen LogP contribution >= 0.6 is 0 Å². The Labute approximate surface area is 178 Å². The maximum Gasteiger partial charge on any atom is 0.229 e. The number of ether oxygens (including phenoxy) is 2. The van der Waals surface area contributed by atoms with E-state index >= 15 is 0 Å². The maximum absolute atomic E-state index is 5.74. The van der Waals surface area contributed by atoms with Gasteiger partial charge in [-0.3, -0.25) is 9.58 Å². The lowest BCUT2D eigenvalue weighted by Crippen LogP contribution is -2.43. The van der Waals surface area contributed by atoms with Gasteiger partial charge in [0.15, 0.2) is 5.82 Å². The predicted molar refractivity (Wildman–Crippen MR) is 112 cm³/mol. The minimum absolute atomic E-state index is 0.0710. The number of nitrogens with zero attached hydrogens (tertiary/aromatic N) is 5. The Morgan fingerprint density at radius 3 is 2.53 bits per heavy atom. The van der Waals surface area contributed by atoms with Crippen molar-refractivity contribution >= 4 is 0 Å². The van der Waals surface area contributed by atoms with Crippen LogP contribution in [0.2, 0.25) is 0 Å². The molecule has 2 aliphatic heterocycles. The molecule has 0 aliphatic carbocycles. The topological polar surface area (TPSA) is 78.4 Å². The molecule has 4 heterocycles. The molecule has 30 heavy (non-hydrogen) atoms. The van der Waals surface area contributed by atoms with Gasteiger partial charge in [0.2, 0.25) is 5.89 Å². The van der Waals surface area contributed by atoms with Gasteiger partial charge in [0.05, 0.1) is 5.69 Å². The zero-order valence-corrected chi connectivity index (χ0v) is 18.8. The van der Waals surface area contributed by atoms with Crippen molar-refractivity contribution in [1.82, 2.24) is 24.8 Å². The first-order valence-corrected chi connectivity index (χ1v) is 11.1. The highest BCUT2D eigenvalue weighted by Gasteiger charge is 2.40. The number of rotatable bonds is 7. The van der Waals surface area contributed by atoms with Gasteiger partial charge in [-0.05, 0) is 59.0 Å². The molecule has 8 heteroatoms. The van der Waals surface area contributed by atoms with Gasteiger partial charge >= 0.3 is 0 Å². The largest absolute Gasteiger partial charge is 0.385 e. The van der Waals surface area contributed by atoms with E-state index in [9.17, 15) is 0 Å². The highest BCUT2D eigenvalue weighted by Crippen LogP contribution is 2.39. The lowest BCUT2D eigenvalue weighted by atomic mass is 9.75. The van der Waals surface area contributed by atoms with Gasteiger partial charge in [0, 0.05) is 63.1 Å². The quantitative estimate of drug-likeness (QED) is 0.685. The molecule has 0 amide bonds. The monoisotopic (exact) mass is 417 g/mol. The van der Waals surface area contributed by atoms with Crippen molar-refractivity contribution in [1.29, 1.82) is 0 Å². The minimum atomic E-state index is -0.0710. The van der Waals surface area contributed by atoms with Crippen molar-refractivity contribution in [2.45, 2.75) is 63.8 Å². The summed E-state index contributed by atoms with van der Waals surface area (Å²) in [5.41, 5.74) is 3.66. The van der Waals surface area contributed by atoms with Crippen molar-refractivity contribution in [3.63, 3.8) is 0 Å². The third kappa shape index (κ3) is 4.31. The third-order valence-electron chi connectivity index (χ3n) is 7.13. The lowest BCUT2D eigenvalue weighted by Gasteiger charge is -2.40. The lowest BCUT2D eigenvalue weighted by molar-refractivity contribution is 0.0778. The first kappa shape index (κ1) is 21.5. The van der Waals surface area contributed by atoms with E-state index in [4.69, 9.17) is 19.0 Å². The van der Waals surface area contributed by atoms with E-state index in [0.717, 1.165) is 82.4 Å². The Hall–Kier alpha value is -1.77. The second-order valence-electron chi connectivity index (χ2n) is 8.92. The molecular weight excluding hydrogens is 382 g/mol. The molecule has 2 aliphatic rings. The van der Waals surface area contributed by atoms with E-state index in [-0.39, 0.29) is 5.41 Å². The second kappa shape index (κ2) is 9.16. The van der Waals surface area contributed by atoms with Crippen LogP contribution in [0.5, 0.6) is 0 Å². The number of hydrogen-bond acceptors (Lipinski definition) is 7. The summed E-state index contributed by atoms with van der Waals surface area (Å²) < 4.78 is 18.6. The SMILES string of the molecule is COCCC1(c2noc(C3CCOCC3)n2)CCN(Cc2c(C)nn(C)c2C)CC1. The van der Waals surface area contributed by atoms with Gasteiger partial charge < -0.3 is 14.0 Å². The number of hydrogen-bond donors (Lipinski definition) is 0. The standard InChI is InChI=1S/C22H35N5O3/c1-16-19(17(2)26(3)24-16)15-27-10-7-22(8-11-27,9-14-28-4)21-23-20(30-25-21)18-5-12-29-13-6-18/h18H,5-15H2,1-4H3. The fraction of sp³-hybridized carbons (Fsp3) is 0.773. The smallest absolute Gasteiger partial charge is 0.229 e. The zero-order chi connectivity index (χ0) is 21.1. The number of aryl methyl sites for hydroxylation is 2. The number of likely N-dealkylation sites (tertiary alicyclic amines) is 1. The molecule has 0 atom stereocenters. The van der Waals surface area contributed by atoms with Crippen molar-refractivity contribution < 1.29 is 14.0 Å². The molecule has 2 fully saturated rings. The molecule has 4 rings (SSSR count). The van der Waals surface area contributed by atoms with Crippen LogP contribution < -0.4 is 0 Å². The highest BCUT2D eigenvalue weighted by molar-refractivity contribution is 5.24. The van der Waals surface area contributed by atoms with Gasteiger partial charge in [-0.25, -0.2) is 0 Å². The molecule has 2 aromatic heterocycles. The molecule has 2 aromatic rings. The van der Waals surface area contributed by atoms with Gasteiger partial charge in [-0.1, -0.05) is 5.16 Å². The van der Waals surface area contributed by atoms with E-state index in [0.29, 0.717) is 12.5 Å². The van der Waals surface area contributed by atoms with Crippen molar-refractivity contribution in [3.8, 4) is 0 Å². The Morgan fingerprint density at radius 1 is 1.17 bits per heavy atom. The molecular formula is C22H35N5O3. The third-order valence-corrected chi connectivity index (χ3v) is 7.13.